The molecule has 2 aromatic rings. The number of hydrogen-bond acceptors (Lipinski definition) is 3. The highest BCUT2D eigenvalue weighted by atomic mass is 16.2. The van der Waals surface area contributed by atoms with E-state index in [1.165, 1.54) is 11.1 Å². The number of aryl methyl sites for hydroxylation is 3. The third-order valence-corrected chi connectivity index (χ3v) is 5.76. The van der Waals surface area contributed by atoms with Crippen molar-refractivity contribution in [1.82, 2.24) is 19.7 Å². The molecular formula is C20H26N4O. The summed E-state index contributed by atoms with van der Waals surface area (Å²) in [5.74, 6) is 2.05. The number of aromatic nitrogens is 3. The molecule has 2 aliphatic rings. The summed E-state index contributed by atoms with van der Waals surface area (Å²) in [5, 5.41) is 4.55. The van der Waals surface area contributed by atoms with Gasteiger partial charge >= 0.3 is 0 Å². The Kier molecular flexibility index (Phi) is 3.89. The maximum atomic E-state index is 13.4. The quantitative estimate of drug-likeness (QED) is 0.864. The molecule has 1 saturated carbocycles. The first-order valence-electron chi connectivity index (χ1n) is 9.26. The summed E-state index contributed by atoms with van der Waals surface area (Å²) in [7, 11) is 0. The van der Waals surface area contributed by atoms with Crippen LogP contribution in [-0.4, -0.2) is 38.7 Å². The Balaban J connectivity index is 1.57. The summed E-state index contributed by atoms with van der Waals surface area (Å²) in [5.41, 5.74) is 2.17. The molecule has 1 atom stereocenters. The van der Waals surface area contributed by atoms with Crippen LogP contribution in [0.2, 0.25) is 0 Å². The second-order valence-corrected chi connectivity index (χ2v) is 7.60. The molecule has 1 amide bonds. The van der Waals surface area contributed by atoms with Gasteiger partial charge in [-0.15, -0.1) is 0 Å². The fourth-order valence-electron chi connectivity index (χ4n) is 4.36. The molecule has 1 aliphatic heterocycles. The van der Waals surface area contributed by atoms with Crippen molar-refractivity contribution < 1.29 is 4.79 Å². The summed E-state index contributed by atoms with van der Waals surface area (Å²) in [6.45, 7) is 7.64. The predicted octanol–water partition coefficient (Wildman–Crippen LogP) is 3.10. The van der Waals surface area contributed by atoms with Gasteiger partial charge in [0, 0.05) is 13.1 Å². The van der Waals surface area contributed by atoms with Gasteiger partial charge in [-0.05, 0) is 57.6 Å². The van der Waals surface area contributed by atoms with Crippen molar-refractivity contribution in [3.8, 4) is 0 Å². The highest BCUT2D eigenvalue weighted by molar-refractivity contribution is 5.91. The first-order valence-corrected chi connectivity index (χ1v) is 9.26. The van der Waals surface area contributed by atoms with Gasteiger partial charge in [0.05, 0.1) is 11.5 Å². The topological polar surface area (TPSA) is 51.0 Å². The Morgan fingerprint density at radius 3 is 2.60 bits per heavy atom. The maximum Gasteiger partial charge on any atom is 0.233 e. The van der Waals surface area contributed by atoms with Crippen molar-refractivity contribution in [2.45, 2.75) is 57.9 Å². The Labute approximate surface area is 149 Å². The minimum absolute atomic E-state index is 0.242. The minimum Gasteiger partial charge on any atom is -0.340 e. The first-order chi connectivity index (χ1) is 12.0. The third kappa shape index (κ3) is 2.75. The molecular weight excluding hydrogens is 312 g/mol. The third-order valence-electron chi connectivity index (χ3n) is 5.76. The molecule has 1 aromatic carbocycles. The Morgan fingerprint density at radius 1 is 1.20 bits per heavy atom. The zero-order valence-electron chi connectivity index (χ0n) is 15.3. The van der Waals surface area contributed by atoms with Crippen molar-refractivity contribution in [2.24, 2.45) is 0 Å². The van der Waals surface area contributed by atoms with E-state index in [0.29, 0.717) is 5.91 Å². The number of carbonyl (C=O) groups excluding carboxylic acids is 1. The van der Waals surface area contributed by atoms with Crippen molar-refractivity contribution in [3.63, 3.8) is 0 Å². The van der Waals surface area contributed by atoms with E-state index in [-0.39, 0.29) is 11.5 Å². The Morgan fingerprint density at radius 2 is 1.96 bits per heavy atom. The van der Waals surface area contributed by atoms with Crippen LogP contribution in [0.1, 0.15) is 54.5 Å². The van der Waals surface area contributed by atoms with E-state index in [4.69, 9.17) is 0 Å². The Hall–Kier alpha value is -2.17. The summed E-state index contributed by atoms with van der Waals surface area (Å²) in [6, 6.07) is 8.59. The van der Waals surface area contributed by atoms with Crippen LogP contribution in [0.15, 0.2) is 24.3 Å². The van der Waals surface area contributed by atoms with Crippen LogP contribution in [0.25, 0.3) is 0 Å². The lowest BCUT2D eigenvalue weighted by molar-refractivity contribution is -0.135. The number of benzene rings is 1. The van der Waals surface area contributed by atoms with Crippen molar-refractivity contribution in [3.05, 3.63) is 47.0 Å². The fourth-order valence-corrected chi connectivity index (χ4v) is 4.36. The molecule has 132 valence electrons. The van der Waals surface area contributed by atoms with Crippen LogP contribution >= 0.6 is 0 Å². The van der Waals surface area contributed by atoms with Crippen LogP contribution in [-0.2, 0) is 10.2 Å². The van der Waals surface area contributed by atoms with Gasteiger partial charge in [-0.1, -0.05) is 24.3 Å². The first kappa shape index (κ1) is 16.3. The Bertz CT molecular complexity index is 806. The zero-order valence-corrected chi connectivity index (χ0v) is 15.3. The molecule has 2 heterocycles. The highest BCUT2D eigenvalue weighted by Gasteiger charge is 2.54. The summed E-state index contributed by atoms with van der Waals surface area (Å²) in [6.07, 6.45) is 4.03. The SMILES string of the molecule is Cc1nc(C)n([C@H]2CCCN(C(=O)C3(c4ccccc4C)CC3)C2)n1. The number of likely N-dealkylation sites (tertiary alicyclic amines) is 1. The molecule has 0 radical (unpaired) electrons. The lowest BCUT2D eigenvalue weighted by Gasteiger charge is -2.35. The van der Waals surface area contributed by atoms with Crippen LogP contribution < -0.4 is 0 Å². The smallest absolute Gasteiger partial charge is 0.233 e. The van der Waals surface area contributed by atoms with Gasteiger partial charge < -0.3 is 4.90 Å². The zero-order chi connectivity index (χ0) is 17.6. The normalized spacial score (nSPS) is 22.0. The number of piperidine rings is 1. The molecule has 0 spiro atoms. The largest absolute Gasteiger partial charge is 0.340 e. The van der Waals surface area contributed by atoms with E-state index in [2.05, 4.69) is 40.1 Å². The maximum absolute atomic E-state index is 13.4. The van der Waals surface area contributed by atoms with Gasteiger partial charge in [-0.3, -0.25) is 4.79 Å². The average Bonchev–Trinajstić information content (AvgIpc) is 3.34. The monoisotopic (exact) mass is 338 g/mol. The molecule has 0 unspecified atom stereocenters. The van der Waals surface area contributed by atoms with Gasteiger partial charge in [0.2, 0.25) is 5.91 Å². The van der Waals surface area contributed by atoms with E-state index in [9.17, 15) is 4.79 Å². The van der Waals surface area contributed by atoms with Crippen molar-refractivity contribution >= 4 is 5.91 Å². The number of hydrogen-bond donors (Lipinski definition) is 0. The minimum atomic E-state index is -0.277. The molecule has 1 saturated heterocycles. The molecule has 2 fully saturated rings. The van der Waals surface area contributed by atoms with Crippen LogP contribution in [0.4, 0.5) is 0 Å². The lowest BCUT2D eigenvalue weighted by Crippen LogP contribution is -2.46. The molecule has 5 nitrogen and oxygen atoms in total. The van der Waals surface area contributed by atoms with Crippen molar-refractivity contribution in [2.75, 3.05) is 13.1 Å². The van der Waals surface area contributed by atoms with E-state index in [0.717, 1.165) is 50.4 Å². The van der Waals surface area contributed by atoms with Gasteiger partial charge in [-0.25, -0.2) is 9.67 Å². The number of rotatable bonds is 3. The molecule has 5 heteroatoms. The van der Waals surface area contributed by atoms with Crippen LogP contribution in [0, 0.1) is 20.8 Å². The second kappa shape index (κ2) is 5.97. The van der Waals surface area contributed by atoms with Crippen LogP contribution in [0.5, 0.6) is 0 Å². The summed E-state index contributed by atoms with van der Waals surface area (Å²) >= 11 is 0. The van der Waals surface area contributed by atoms with Crippen molar-refractivity contribution in [1.29, 1.82) is 0 Å². The van der Waals surface area contributed by atoms with Gasteiger partial charge in [0.1, 0.15) is 11.6 Å². The van der Waals surface area contributed by atoms with Gasteiger partial charge in [0.25, 0.3) is 0 Å². The lowest BCUT2D eigenvalue weighted by atomic mass is 9.89. The molecule has 1 aliphatic carbocycles. The standard InChI is InChI=1S/C20H26N4O/c1-14-7-4-5-9-18(14)20(10-11-20)19(25)23-12-6-8-17(13-23)24-16(3)21-15(2)22-24/h4-5,7,9,17H,6,8,10-13H2,1-3H3/t17-/m0/s1. The van der Waals surface area contributed by atoms with E-state index in [1.807, 2.05) is 24.6 Å². The molecule has 25 heavy (non-hydrogen) atoms. The predicted molar refractivity (Wildman–Crippen MR) is 96.4 cm³/mol. The number of nitrogens with zero attached hydrogens (tertiary/aromatic N) is 4. The van der Waals surface area contributed by atoms with E-state index >= 15 is 0 Å². The fraction of sp³-hybridized carbons (Fsp3) is 0.550. The molecule has 0 bridgehead atoms. The summed E-state index contributed by atoms with van der Waals surface area (Å²) < 4.78 is 2.02. The highest BCUT2D eigenvalue weighted by Crippen LogP contribution is 2.51. The van der Waals surface area contributed by atoms with Gasteiger partial charge in [-0.2, -0.15) is 5.10 Å². The molecule has 4 rings (SSSR count). The average molecular weight is 338 g/mol. The second-order valence-electron chi connectivity index (χ2n) is 7.60. The van der Waals surface area contributed by atoms with E-state index in [1.54, 1.807) is 0 Å². The summed E-state index contributed by atoms with van der Waals surface area (Å²) in [4.78, 5) is 19.9. The molecule has 1 aromatic heterocycles. The van der Waals surface area contributed by atoms with Crippen LogP contribution in [0.3, 0.4) is 0 Å². The molecule has 0 N–H and O–H groups in total. The van der Waals surface area contributed by atoms with E-state index < -0.39 is 0 Å². The van der Waals surface area contributed by atoms with Gasteiger partial charge in [0.15, 0.2) is 0 Å². The number of amides is 1. The number of carbonyl (C=O) groups is 1.